The van der Waals surface area contributed by atoms with Crippen molar-refractivity contribution in [2.24, 2.45) is 16.3 Å². The number of ketones is 1. The van der Waals surface area contributed by atoms with Crippen molar-refractivity contribution in [3.63, 3.8) is 0 Å². The largest absolute Gasteiger partial charge is 0.493 e. The monoisotopic (exact) mass is 489 g/mol. The predicted molar refractivity (Wildman–Crippen MR) is 139 cm³/mol. The van der Waals surface area contributed by atoms with Gasteiger partial charge < -0.3 is 14.2 Å². The van der Waals surface area contributed by atoms with E-state index >= 15 is 0 Å². The molecule has 2 aromatic rings. The van der Waals surface area contributed by atoms with Crippen LogP contribution in [0.1, 0.15) is 64.0 Å². The molecule has 0 aromatic heterocycles. The molecule has 6 heteroatoms. The molecule has 0 bridgehead atoms. The quantitative estimate of drug-likeness (QED) is 0.422. The summed E-state index contributed by atoms with van der Waals surface area (Å²) in [6.07, 6.45) is 2.02. The van der Waals surface area contributed by atoms with Gasteiger partial charge in [-0.15, -0.1) is 0 Å². The van der Waals surface area contributed by atoms with Crippen molar-refractivity contribution < 1.29 is 23.8 Å². The van der Waals surface area contributed by atoms with E-state index in [9.17, 15) is 9.59 Å². The number of carbonyl (C=O) groups is 2. The third kappa shape index (κ3) is 5.38. The summed E-state index contributed by atoms with van der Waals surface area (Å²) in [6.45, 7) is 8.77. The number of fused-ring (bicyclic) bond motifs is 1. The number of esters is 1. The van der Waals surface area contributed by atoms with Gasteiger partial charge in [-0.25, -0.2) is 4.79 Å². The molecular formula is C30H35NO5. The van der Waals surface area contributed by atoms with Gasteiger partial charge in [0.05, 0.1) is 25.2 Å². The summed E-state index contributed by atoms with van der Waals surface area (Å²) < 4.78 is 17.2. The summed E-state index contributed by atoms with van der Waals surface area (Å²) in [6, 6.07) is 15.2. The summed E-state index contributed by atoms with van der Waals surface area (Å²) >= 11 is 0. The summed E-state index contributed by atoms with van der Waals surface area (Å²) in [5, 5.41) is 0. The fraction of sp³-hybridized carbons (Fsp3) is 0.433. The smallest absolute Gasteiger partial charge is 0.336 e. The van der Waals surface area contributed by atoms with Crippen LogP contribution in [0.4, 0.5) is 0 Å². The lowest BCUT2D eigenvalue weighted by molar-refractivity contribution is -0.140. The molecule has 0 saturated heterocycles. The molecule has 1 fully saturated rings. The van der Waals surface area contributed by atoms with Gasteiger partial charge in [0, 0.05) is 23.7 Å². The molecule has 0 spiro atoms. The van der Waals surface area contributed by atoms with Gasteiger partial charge in [0.1, 0.15) is 12.4 Å². The standard InChI is InChI=1S/C30H35NO5/c1-6-14-35-24-13-12-21(15-25(24)34-5)27-26(29(33)36-18-20-10-8-7-9-11-20)19(2)31-22-16-30(3,4)17-23(32)28(22)27/h7-13,15,27-28H,6,14,16-18H2,1-5H3/t27-,28?/m1/s1. The predicted octanol–water partition coefficient (Wildman–Crippen LogP) is 6.04. The van der Waals surface area contributed by atoms with E-state index in [0.29, 0.717) is 42.2 Å². The Morgan fingerprint density at radius 2 is 1.81 bits per heavy atom. The maximum Gasteiger partial charge on any atom is 0.336 e. The van der Waals surface area contributed by atoms with Crippen molar-refractivity contribution >= 4 is 17.5 Å². The average Bonchev–Trinajstić information content (AvgIpc) is 2.85. The number of rotatable bonds is 8. The molecule has 0 radical (unpaired) electrons. The van der Waals surface area contributed by atoms with E-state index in [-0.39, 0.29) is 17.8 Å². The van der Waals surface area contributed by atoms with E-state index in [1.54, 1.807) is 7.11 Å². The van der Waals surface area contributed by atoms with Crippen LogP contribution in [0, 0.1) is 11.3 Å². The van der Waals surface area contributed by atoms with E-state index in [1.165, 1.54) is 0 Å². The Morgan fingerprint density at radius 1 is 1.06 bits per heavy atom. The first-order chi connectivity index (χ1) is 17.2. The van der Waals surface area contributed by atoms with E-state index < -0.39 is 17.8 Å². The lowest BCUT2D eigenvalue weighted by atomic mass is 9.63. The lowest BCUT2D eigenvalue weighted by Crippen LogP contribution is -2.44. The molecular weight excluding hydrogens is 454 g/mol. The molecule has 1 aliphatic heterocycles. The highest BCUT2D eigenvalue weighted by atomic mass is 16.5. The highest BCUT2D eigenvalue weighted by molar-refractivity contribution is 6.12. The van der Waals surface area contributed by atoms with E-state index in [4.69, 9.17) is 19.2 Å². The first-order valence-electron chi connectivity index (χ1n) is 12.6. The molecule has 2 aromatic carbocycles. The fourth-order valence-electron chi connectivity index (χ4n) is 5.23. The number of Topliss-reactive ketones (excluding diaryl/α,β-unsaturated/α-hetero) is 1. The zero-order valence-electron chi connectivity index (χ0n) is 21.8. The summed E-state index contributed by atoms with van der Waals surface area (Å²) in [5.41, 5.74) is 3.40. The van der Waals surface area contributed by atoms with Crippen LogP contribution >= 0.6 is 0 Å². The van der Waals surface area contributed by atoms with Crippen molar-refractivity contribution in [3.8, 4) is 11.5 Å². The van der Waals surface area contributed by atoms with E-state index in [1.807, 2.05) is 62.4 Å². The van der Waals surface area contributed by atoms with Crippen LogP contribution in [-0.4, -0.2) is 31.2 Å². The van der Waals surface area contributed by atoms with Crippen LogP contribution in [-0.2, 0) is 20.9 Å². The van der Waals surface area contributed by atoms with Gasteiger partial charge >= 0.3 is 5.97 Å². The Kier molecular flexibility index (Phi) is 7.62. The van der Waals surface area contributed by atoms with Gasteiger partial charge in [0.15, 0.2) is 11.5 Å². The number of methoxy groups -OCH3 is 1. The minimum absolute atomic E-state index is 0.0983. The topological polar surface area (TPSA) is 74.2 Å². The second-order valence-electron chi connectivity index (χ2n) is 10.4. The molecule has 1 aliphatic carbocycles. The second-order valence-corrected chi connectivity index (χ2v) is 10.4. The molecule has 0 N–H and O–H groups in total. The fourth-order valence-corrected chi connectivity index (χ4v) is 5.23. The maximum absolute atomic E-state index is 13.5. The molecule has 190 valence electrons. The zero-order valence-corrected chi connectivity index (χ0v) is 21.8. The third-order valence-electron chi connectivity index (χ3n) is 6.80. The molecule has 1 unspecified atom stereocenters. The number of hydrogen-bond donors (Lipinski definition) is 0. The third-order valence-corrected chi connectivity index (χ3v) is 6.80. The number of carbonyl (C=O) groups excluding carboxylic acids is 2. The van der Waals surface area contributed by atoms with Crippen molar-refractivity contribution in [1.29, 1.82) is 0 Å². The number of ether oxygens (including phenoxy) is 3. The van der Waals surface area contributed by atoms with Crippen LogP contribution in [0.5, 0.6) is 11.5 Å². The summed E-state index contributed by atoms with van der Waals surface area (Å²) in [7, 11) is 1.59. The van der Waals surface area contributed by atoms with Crippen molar-refractivity contribution in [2.45, 2.75) is 59.5 Å². The van der Waals surface area contributed by atoms with Crippen LogP contribution in [0.3, 0.4) is 0 Å². The molecule has 1 saturated carbocycles. The van der Waals surface area contributed by atoms with Crippen LogP contribution in [0.15, 0.2) is 64.8 Å². The van der Waals surface area contributed by atoms with Gasteiger partial charge in [-0.2, -0.15) is 0 Å². The van der Waals surface area contributed by atoms with Gasteiger partial charge in [-0.3, -0.25) is 9.79 Å². The van der Waals surface area contributed by atoms with Crippen molar-refractivity contribution in [1.82, 2.24) is 0 Å². The molecule has 36 heavy (non-hydrogen) atoms. The molecule has 4 rings (SSSR count). The minimum Gasteiger partial charge on any atom is -0.493 e. The first-order valence-corrected chi connectivity index (χ1v) is 12.6. The van der Waals surface area contributed by atoms with Crippen molar-refractivity contribution in [3.05, 3.63) is 70.9 Å². The van der Waals surface area contributed by atoms with Crippen molar-refractivity contribution in [2.75, 3.05) is 13.7 Å². The number of nitrogens with zero attached hydrogens (tertiary/aromatic N) is 1. The van der Waals surface area contributed by atoms with Gasteiger partial charge in [-0.1, -0.05) is 57.2 Å². The number of hydrogen-bond acceptors (Lipinski definition) is 6. The molecule has 0 amide bonds. The highest BCUT2D eigenvalue weighted by Crippen LogP contribution is 2.48. The van der Waals surface area contributed by atoms with Crippen LogP contribution in [0.25, 0.3) is 0 Å². The molecule has 2 aliphatic rings. The Morgan fingerprint density at radius 3 is 2.50 bits per heavy atom. The SMILES string of the molecule is CCCOc1ccc([C@@H]2C(C(=O)OCc3ccccc3)=C(C)N=C3CC(C)(C)CC(=O)C32)cc1OC. The molecule has 2 atom stereocenters. The minimum atomic E-state index is -0.506. The Balaban J connectivity index is 1.76. The maximum atomic E-state index is 13.5. The number of aliphatic imine (C=N–C) groups is 1. The zero-order chi connectivity index (χ0) is 25.9. The van der Waals surface area contributed by atoms with Crippen LogP contribution < -0.4 is 9.47 Å². The Hall–Kier alpha value is -3.41. The summed E-state index contributed by atoms with van der Waals surface area (Å²) in [5.74, 6) is -0.152. The van der Waals surface area contributed by atoms with E-state index in [2.05, 4.69) is 13.8 Å². The van der Waals surface area contributed by atoms with Gasteiger partial charge in [-0.05, 0) is 48.4 Å². The Bertz CT molecular complexity index is 1200. The highest BCUT2D eigenvalue weighted by Gasteiger charge is 2.47. The molecule has 6 nitrogen and oxygen atoms in total. The van der Waals surface area contributed by atoms with Crippen LogP contribution in [0.2, 0.25) is 0 Å². The lowest BCUT2D eigenvalue weighted by Gasteiger charge is -2.41. The number of allylic oxidation sites excluding steroid dienone is 1. The first kappa shape index (κ1) is 25.7. The number of benzene rings is 2. The second kappa shape index (κ2) is 10.7. The summed E-state index contributed by atoms with van der Waals surface area (Å²) in [4.78, 5) is 31.9. The normalized spacial score (nSPS) is 20.9. The van der Waals surface area contributed by atoms with Gasteiger partial charge in [0.25, 0.3) is 0 Å². The Labute approximate surface area is 213 Å². The van der Waals surface area contributed by atoms with Gasteiger partial charge in [0.2, 0.25) is 0 Å². The average molecular weight is 490 g/mol. The molecule has 1 heterocycles. The van der Waals surface area contributed by atoms with E-state index in [0.717, 1.165) is 23.3 Å².